The van der Waals surface area contributed by atoms with E-state index in [-0.39, 0.29) is 4.90 Å². The third-order valence-electron chi connectivity index (χ3n) is 5.10. The number of nitrogens with zero attached hydrogens (tertiary/aromatic N) is 1. The Morgan fingerprint density at radius 3 is 2.03 bits per heavy atom. The average molecular weight is 554 g/mol. The lowest BCUT2D eigenvalue weighted by Crippen LogP contribution is -2.18. The van der Waals surface area contributed by atoms with E-state index >= 15 is 0 Å². The first-order valence-corrected chi connectivity index (χ1v) is 13.2. The summed E-state index contributed by atoms with van der Waals surface area (Å²) in [6, 6.07) is 26.5. The van der Waals surface area contributed by atoms with E-state index in [4.69, 9.17) is 27.9 Å². The Morgan fingerprint density at radius 1 is 0.811 bits per heavy atom. The Morgan fingerprint density at radius 2 is 1.41 bits per heavy atom. The Balaban J connectivity index is 1.28. The summed E-state index contributed by atoms with van der Waals surface area (Å²) in [5, 5.41) is 5.09. The van der Waals surface area contributed by atoms with Crippen LogP contribution in [-0.4, -0.2) is 20.5 Å². The Labute approximate surface area is 224 Å². The molecule has 0 aliphatic carbocycles. The van der Waals surface area contributed by atoms with Crippen molar-refractivity contribution in [2.45, 2.75) is 11.5 Å². The first-order valence-electron chi connectivity index (χ1n) is 11.0. The van der Waals surface area contributed by atoms with Gasteiger partial charge in [0.15, 0.2) is 0 Å². The lowest BCUT2D eigenvalue weighted by atomic mass is 10.2. The normalized spacial score (nSPS) is 11.3. The number of halogens is 2. The van der Waals surface area contributed by atoms with Gasteiger partial charge in [-0.3, -0.25) is 9.52 Å². The molecule has 0 saturated heterocycles. The van der Waals surface area contributed by atoms with Crippen LogP contribution in [0.2, 0.25) is 10.0 Å². The van der Waals surface area contributed by atoms with Gasteiger partial charge in [0, 0.05) is 21.3 Å². The summed E-state index contributed by atoms with van der Waals surface area (Å²) in [7, 11) is -3.78. The van der Waals surface area contributed by atoms with Crippen molar-refractivity contribution < 1.29 is 17.9 Å². The highest BCUT2D eigenvalue weighted by molar-refractivity contribution is 7.92. The number of ether oxygens (including phenoxy) is 1. The molecule has 0 heterocycles. The van der Waals surface area contributed by atoms with Gasteiger partial charge in [-0.1, -0.05) is 35.3 Å². The highest BCUT2D eigenvalue weighted by Crippen LogP contribution is 2.19. The molecule has 0 radical (unpaired) electrons. The van der Waals surface area contributed by atoms with Crippen molar-refractivity contribution >= 4 is 51.0 Å². The van der Waals surface area contributed by atoms with Gasteiger partial charge in [-0.05, 0) is 96.1 Å². The maximum atomic E-state index is 12.5. The first kappa shape index (κ1) is 26.2. The van der Waals surface area contributed by atoms with Crippen LogP contribution in [0, 0.1) is 0 Å². The Bertz CT molecular complexity index is 1490. The monoisotopic (exact) mass is 553 g/mol. The fraction of sp³-hybridized carbons (Fsp3) is 0.0370. The minimum Gasteiger partial charge on any atom is -0.489 e. The highest BCUT2D eigenvalue weighted by atomic mass is 35.5. The summed E-state index contributed by atoms with van der Waals surface area (Å²) in [6.07, 6.45) is 1.51. The number of carbonyl (C=O) groups excluding carboxylic acids is 1. The Hall–Kier alpha value is -3.85. The zero-order chi connectivity index (χ0) is 26.3. The van der Waals surface area contributed by atoms with Crippen LogP contribution in [0.15, 0.2) is 107 Å². The minimum atomic E-state index is -3.78. The second-order valence-electron chi connectivity index (χ2n) is 7.82. The van der Waals surface area contributed by atoms with Gasteiger partial charge in [0.05, 0.1) is 11.1 Å². The van der Waals surface area contributed by atoms with Gasteiger partial charge in [0.2, 0.25) is 0 Å². The van der Waals surface area contributed by atoms with Crippen LogP contribution in [0.4, 0.5) is 5.69 Å². The summed E-state index contributed by atoms with van der Waals surface area (Å²) in [6.45, 7) is 0.419. The molecule has 4 aromatic rings. The van der Waals surface area contributed by atoms with Crippen LogP contribution in [0.25, 0.3) is 0 Å². The molecule has 0 fully saturated rings. The number of anilines is 1. The molecule has 4 aromatic carbocycles. The molecule has 2 N–H and O–H groups in total. The molecule has 0 unspecified atom stereocenters. The van der Waals surface area contributed by atoms with Crippen LogP contribution in [-0.2, 0) is 16.6 Å². The molecular weight excluding hydrogens is 533 g/mol. The van der Waals surface area contributed by atoms with Crippen LogP contribution in [0.3, 0.4) is 0 Å². The number of sulfonamides is 1. The quantitative estimate of drug-likeness (QED) is 0.192. The van der Waals surface area contributed by atoms with Gasteiger partial charge in [-0.15, -0.1) is 0 Å². The van der Waals surface area contributed by atoms with E-state index in [2.05, 4.69) is 15.2 Å². The van der Waals surface area contributed by atoms with Crippen molar-refractivity contribution in [3.8, 4) is 5.75 Å². The molecule has 4 rings (SSSR count). The number of nitrogens with one attached hydrogen (secondary N) is 2. The molecule has 0 aliphatic heterocycles. The average Bonchev–Trinajstić information content (AvgIpc) is 2.89. The second kappa shape index (κ2) is 11.9. The first-order chi connectivity index (χ1) is 17.8. The molecule has 37 heavy (non-hydrogen) atoms. The van der Waals surface area contributed by atoms with Crippen molar-refractivity contribution in [2.75, 3.05) is 4.72 Å². The zero-order valence-electron chi connectivity index (χ0n) is 19.3. The zero-order valence-corrected chi connectivity index (χ0v) is 21.6. The van der Waals surface area contributed by atoms with Crippen molar-refractivity contribution in [2.24, 2.45) is 5.10 Å². The number of hydrazone groups is 1. The van der Waals surface area contributed by atoms with Gasteiger partial charge in [0.25, 0.3) is 15.9 Å². The third kappa shape index (κ3) is 7.57. The van der Waals surface area contributed by atoms with E-state index in [0.717, 1.165) is 11.1 Å². The number of hydrogen-bond acceptors (Lipinski definition) is 5. The van der Waals surface area contributed by atoms with Crippen molar-refractivity contribution in [3.63, 3.8) is 0 Å². The summed E-state index contributed by atoms with van der Waals surface area (Å²) in [5.74, 6) is 0.259. The molecular formula is C27H21Cl2N3O4S. The molecule has 188 valence electrons. The summed E-state index contributed by atoms with van der Waals surface area (Å²) in [4.78, 5) is 12.5. The van der Waals surface area contributed by atoms with E-state index in [0.29, 0.717) is 33.7 Å². The predicted molar refractivity (Wildman–Crippen MR) is 146 cm³/mol. The lowest BCUT2D eigenvalue weighted by Gasteiger charge is -2.09. The predicted octanol–water partition coefficient (Wildman–Crippen LogP) is 6.14. The van der Waals surface area contributed by atoms with E-state index in [9.17, 15) is 13.2 Å². The summed E-state index contributed by atoms with van der Waals surface area (Å²) in [5.41, 5.74) is 4.85. The Kier molecular flexibility index (Phi) is 8.45. The number of carbonyl (C=O) groups is 1. The lowest BCUT2D eigenvalue weighted by molar-refractivity contribution is 0.0955. The molecule has 0 spiro atoms. The van der Waals surface area contributed by atoms with Crippen molar-refractivity contribution in [1.29, 1.82) is 0 Å². The van der Waals surface area contributed by atoms with Gasteiger partial charge in [-0.25, -0.2) is 13.8 Å². The second-order valence-corrected chi connectivity index (χ2v) is 10.4. The summed E-state index contributed by atoms with van der Waals surface area (Å²) < 4.78 is 33.2. The van der Waals surface area contributed by atoms with E-state index in [1.54, 1.807) is 0 Å². The number of rotatable bonds is 9. The maximum absolute atomic E-state index is 12.5. The topological polar surface area (TPSA) is 96.9 Å². The molecule has 0 aliphatic rings. The number of benzene rings is 4. The third-order valence-corrected chi connectivity index (χ3v) is 7.00. The SMILES string of the molecule is O=C(NN=Cc1ccc(OCc2ccc(Cl)cc2)cc1)c1ccc(NS(=O)(=O)c2ccc(Cl)cc2)cc1. The molecule has 0 saturated carbocycles. The summed E-state index contributed by atoms with van der Waals surface area (Å²) >= 11 is 11.7. The van der Waals surface area contributed by atoms with Crippen LogP contribution in [0.1, 0.15) is 21.5 Å². The molecule has 10 heteroatoms. The molecule has 7 nitrogen and oxygen atoms in total. The van der Waals surface area contributed by atoms with E-state index in [1.165, 1.54) is 54.7 Å². The van der Waals surface area contributed by atoms with Crippen LogP contribution in [0.5, 0.6) is 5.75 Å². The molecule has 1 amide bonds. The molecule has 0 bridgehead atoms. The standard InChI is InChI=1S/C27H21Cl2N3O4S/c28-22-7-1-20(2-8-22)18-36-25-13-3-19(4-14-25)17-30-31-27(33)21-5-11-24(12-6-21)32-37(34,35)26-15-9-23(29)10-16-26/h1-17,32H,18H2,(H,31,33). The van der Waals surface area contributed by atoms with Crippen molar-refractivity contribution in [1.82, 2.24) is 5.43 Å². The highest BCUT2D eigenvalue weighted by Gasteiger charge is 2.14. The fourth-order valence-electron chi connectivity index (χ4n) is 3.14. The largest absolute Gasteiger partial charge is 0.489 e. The van der Waals surface area contributed by atoms with Gasteiger partial charge in [-0.2, -0.15) is 5.10 Å². The number of amides is 1. The van der Waals surface area contributed by atoms with Crippen LogP contribution < -0.4 is 14.9 Å². The van der Waals surface area contributed by atoms with Crippen molar-refractivity contribution in [3.05, 3.63) is 124 Å². The van der Waals surface area contributed by atoms with Gasteiger partial charge < -0.3 is 4.74 Å². The van der Waals surface area contributed by atoms with E-state index in [1.807, 2.05) is 48.5 Å². The van der Waals surface area contributed by atoms with Gasteiger partial charge in [0.1, 0.15) is 12.4 Å². The number of hydrogen-bond donors (Lipinski definition) is 2. The molecule has 0 aromatic heterocycles. The maximum Gasteiger partial charge on any atom is 0.271 e. The van der Waals surface area contributed by atoms with E-state index < -0.39 is 15.9 Å². The minimum absolute atomic E-state index is 0.0780. The van der Waals surface area contributed by atoms with Gasteiger partial charge >= 0.3 is 0 Å². The van der Waals surface area contributed by atoms with Crippen LogP contribution >= 0.6 is 23.2 Å². The molecule has 0 atom stereocenters. The smallest absolute Gasteiger partial charge is 0.271 e. The fourth-order valence-corrected chi connectivity index (χ4v) is 4.46.